The predicted molar refractivity (Wildman–Crippen MR) is 103 cm³/mol. The molecule has 0 unspecified atom stereocenters. The van der Waals surface area contributed by atoms with Crippen molar-refractivity contribution in [3.8, 4) is 5.75 Å². The zero-order valence-electron chi connectivity index (χ0n) is 15.0. The molecule has 3 rings (SSSR count). The normalized spacial score (nSPS) is 11.4. The van der Waals surface area contributed by atoms with Crippen LogP contribution in [0.5, 0.6) is 5.75 Å². The highest BCUT2D eigenvalue weighted by molar-refractivity contribution is 6.01. The Balaban J connectivity index is 1.78. The monoisotopic (exact) mass is 360 g/mol. The molecule has 0 fully saturated rings. The van der Waals surface area contributed by atoms with Gasteiger partial charge in [0.05, 0.1) is 13.5 Å². The fourth-order valence-electron chi connectivity index (χ4n) is 2.74. The molecule has 27 heavy (non-hydrogen) atoms. The summed E-state index contributed by atoms with van der Waals surface area (Å²) in [7, 11) is 1.59. The summed E-state index contributed by atoms with van der Waals surface area (Å²) in [5, 5.41) is 0. The van der Waals surface area contributed by atoms with Crippen molar-refractivity contribution in [1.82, 2.24) is 0 Å². The van der Waals surface area contributed by atoms with E-state index >= 15 is 0 Å². The van der Waals surface area contributed by atoms with Gasteiger partial charge >= 0.3 is 5.97 Å². The molecule has 4 heteroatoms. The fraction of sp³-hybridized carbons (Fsp3) is 0.130. The van der Waals surface area contributed by atoms with Crippen LogP contribution in [0.2, 0.25) is 0 Å². The lowest BCUT2D eigenvalue weighted by Crippen LogP contribution is -2.21. The first-order chi connectivity index (χ1) is 13.2. The molecule has 0 radical (unpaired) electrons. The van der Waals surface area contributed by atoms with Crippen molar-refractivity contribution in [3.05, 3.63) is 102 Å². The maximum Gasteiger partial charge on any atom is 0.311 e. The summed E-state index contributed by atoms with van der Waals surface area (Å²) in [4.78, 5) is 25.4. The van der Waals surface area contributed by atoms with Crippen LogP contribution >= 0.6 is 0 Å². The molecule has 0 N–H and O–H groups in total. The van der Waals surface area contributed by atoms with Gasteiger partial charge in [-0.15, -0.1) is 0 Å². The minimum atomic E-state index is -0.973. The second-order valence-corrected chi connectivity index (χ2v) is 6.04. The minimum absolute atomic E-state index is 0.0788. The number of rotatable bonds is 7. The van der Waals surface area contributed by atoms with Crippen LogP contribution in [0.3, 0.4) is 0 Å². The lowest BCUT2D eigenvalue weighted by Gasteiger charge is -2.17. The lowest BCUT2D eigenvalue weighted by atomic mass is 10.00. The minimum Gasteiger partial charge on any atom is -0.497 e. The summed E-state index contributed by atoms with van der Waals surface area (Å²) >= 11 is 0. The van der Waals surface area contributed by atoms with Gasteiger partial charge in [-0.2, -0.15) is 0 Å². The number of Topliss-reactive ketones (excluding diaryl/α,β-unsaturated/α-hetero) is 1. The highest BCUT2D eigenvalue weighted by Crippen LogP contribution is 2.23. The highest BCUT2D eigenvalue weighted by atomic mass is 16.5. The number of carbonyl (C=O) groups excluding carboxylic acids is 2. The van der Waals surface area contributed by atoms with Gasteiger partial charge < -0.3 is 9.47 Å². The standard InChI is InChI=1S/C23H20O4/c1-26-20-14-12-17(13-15-20)16-21(24)27-23(19-10-6-3-7-11-19)22(25)18-8-4-2-5-9-18/h2-15,23H,16H2,1H3/t23-/m1/s1. The topological polar surface area (TPSA) is 52.6 Å². The zero-order valence-corrected chi connectivity index (χ0v) is 15.0. The quantitative estimate of drug-likeness (QED) is 0.463. The van der Waals surface area contributed by atoms with Gasteiger partial charge in [0.15, 0.2) is 6.10 Å². The van der Waals surface area contributed by atoms with Gasteiger partial charge in [-0.3, -0.25) is 9.59 Å². The average Bonchev–Trinajstić information content (AvgIpc) is 2.73. The third-order valence-corrected chi connectivity index (χ3v) is 4.16. The number of benzene rings is 3. The van der Waals surface area contributed by atoms with E-state index in [0.717, 1.165) is 5.56 Å². The maximum absolute atomic E-state index is 12.9. The van der Waals surface area contributed by atoms with E-state index in [4.69, 9.17) is 9.47 Å². The van der Waals surface area contributed by atoms with Crippen LogP contribution in [-0.2, 0) is 16.0 Å². The van der Waals surface area contributed by atoms with Crippen molar-refractivity contribution in [2.75, 3.05) is 7.11 Å². The van der Waals surface area contributed by atoms with E-state index < -0.39 is 12.1 Å². The van der Waals surface area contributed by atoms with Crippen molar-refractivity contribution in [2.24, 2.45) is 0 Å². The highest BCUT2D eigenvalue weighted by Gasteiger charge is 2.26. The molecule has 0 aliphatic rings. The van der Waals surface area contributed by atoms with Crippen LogP contribution in [0.4, 0.5) is 0 Å². The molecule has 0 bridgehead atoms. The van der Waals surface area contributed by atoms with Crippen LogP contribution in [0.25, 0.3) is 0 Å². The second-order valence-electron chi connectivity index (χ2n) is 6.04. The largest absolute Gasteiger partial charge is 0.497 e. The molecule has 0 saturated heterocycles. The van der Waals surface area contributed by atoms with Gasteiger partial charge in [0.2, 0.25) is 5.78 Å². The number of ketones is 1. The number of esters is 1. The third-order valence-electron chi connectivity index (χ3n) is 4.16. The van der Waals surface area contributed by atoms with Crippen LogP contribution in [-0.4, -0.2) is 18.9 Å². The van der Waals surface area contributed by atoms with Gasteiger partial charge in [-0.1, -0.05) is 72.8 Å². The molecule has 0 heterocycles. The third kappa shape index (κ3) is 4.82. The molecule has 0 aromatic heterocycles. The van der Waals surface area contributed by atoms with Gasteiger partial charge in [0, 0.05) is 11.1 Å². The van der Waals surface area contributed by atoms with Crippen molar-refractivity contribution in [1.29, 1.82) is 0 Å². The number of hydrogen-bond donors (Lipinski definition) is 0. The van der Waals surface area contributed by atoms with Crippen molar-refractivity contribution >= 4 is 11.8 Å². The predicted octanol–water partition coefficient (Wildman–Crippen LogP) is 4.41. The molecular weight excluding hydrogens is 340 g/mol. The molecule has 0 aliphatic heterocycles. The summed E-state index contributed by atoms with van der Waals surface area (Å²) in [6.07, 6.45) is -0.894. The molecule has 0 aliphatic carbocycles. The van der Waals surface area contributed by atoms with E-state index in [1.54, 1.807) is 67.8 Å². The Morgan fingerprint density at radius 3 is 2.00 bits per heavy atom. The molecule has 0 saturated carbocycles. The summed E-state index contributed by atoms with van der Waals surface area (Å²) < 4.78 is 10.7. The van der Waals surface area contributed by atoms with Gasteiger partial charge in [0.25, 0.3) is 0 Å². The first kappa shape index (κ1) is 18.4. The van der Waals surface area contributed by atoms with Crippen LogP contribution in [0.1, 0.15) is 27.6 Å². The fourth-order valence-corrected chi connectivity index (χ4v) is 2.74. The van der Waals surface area contributed by atoms with E-state index in [9.17, 15) is 9.59 Å². The molecule has 0 spiro atoms. The van der Waals surface area contributed by atoms with Crippen molar-refractivity contribution < 1.29 is 19.1 Å². The molecular formula is C23H20O4. The van der Waals surface area contributed by atoms with Crippen molar-refractivity contribution in [3.63, 3.8) is 0 Å². The Morgan fingerprint density at radius 1 is 0.815 bits per heavy atom. The van der Waals surface area contributed by atoms with Gasteiger partial charge in [-0.25, -0.2) is 0 Å². The summed E-state index contributed by atoms with van der Waals surface area (Å²) in [5.41, 5.74) is 1.94. The molecule has 1 atom stereocenters. The van der Waals surface area contributed by atoms with E-state index in [1.165, 1.54) is 0 Å². The van der Waals surface area contributed by atoms with Gasteiger partial charge in [0.1, 0.15) is 5.75 Å². The smallest absolute Gasteiger partial charge is 0.311 e. The Morgan fingerprint density at radius 2 is 1.41 bits per heavy atom. The zero-order chi connectivity index (χ0) is 19.1. The Labute approximate surface area is 158 Å². The van der Waals surface area contributed by atoms with E-state index in [1.807, 2.05) is 24.3 Å². The lowest BCUT2D eigenvalue weighted by molar-refractivity contribution is -0.146. The average molecular weight is 360 g/mol. The molecule has 3 aromatic rings. The number of methoxy groups -OCH3 is 1. The second kappa shape index (κ2) is 8.81. The van der Waals surface area contributed by atoms with Crippen LogP contribution in [0.15, 0.2) is 84.9 Å². The summed E-state index contributed by atoms with van der Waals surface area (Å²) in [6, 6.07) is 25.1. The first-order valence-corrected chi connectivity index (χ1v) is 8.64. The molecule has 136 valence electrons. The van der Waals surface area contributed by atoms with Crippen LogP contribution < -0.4 is 4.74 Å². The number of hydrogen-bond acceptors (Lipinski definition) is 4. The molecule has 0 amide bonds. The van der Waals surface area contributed by atoms with E-state index in [-0.39, 0.29) is 12.2 Å². The van der Waals surface area contributed by atoms with Crippen molar-refractivity contribution in [2.45, 2.75) is 12.5 Å². The van der Waals surface area contributed by atoms with E-state index in [2.05, 4.69) is 0 Å². The summed E-state index contributed by atoms with van der Waals surface area (Å²) in [5.74, 6) is 0.0108. The Bertz CT molecular complexity index is 887. The van der Waals surface area contributed by atoms with E-state index in [0.29, 0.717) is 16.9 Å². The molecule has 3 aromatic carbocycles. The number of ether oxygens (including phenoxy) is 2. The SMILES string of the molecule is COc1ccc(CC(=O)O[C@@H](C(=O)c2ccccc2)c2ccccc2)cc1. The Hall–Kier alpha value is -3.40. The first-order valence-electron chi connectivity index (χ1n) is 8.64. The Kier molecular flexibility index (Phi) is 6.00. The van der Waals surface area contributed by atoms with Crippen LogP contribution in [0, 0.1) is 0 Å². The maximum atomic E-state index is 12.9. The molecule has 4 nitrogen and oxygen atoms in total. The summed E-state index contributed by atoms with van der Waals surface area (Å²) in [6.45, 7) is 0. The number of carbonyl (C=O) groups is 2. The van der Waals surface area contributed by atoms with Gasteiger partial charge in [-0.05, 0) is 17.7 Å².